The van der Waals surface area contributed by atoms with E-state index in [1.165, 1.54) is 18.7 Å². The second-order valence-electron chi connectivity index (χ2n) is 16.6. The summed E-state index contributed by atoms with van der Waals surface area (Å²) in [5, 5.41) is 43.3. The van der Waals surface area contributed by atoms with Crippen LogP contribution in [0.1, 0.15) is 85.0 Å². The maximum Gasteiger partial charge on any atom is 0.326 e. The smallest absolute Gasteiger partial charge is 0.326 e. The lowest BCUT2D eigenvalue weighted by molar-refractivity contribution is -0.145. The molecule has 15 N–H and O–H groups in total. The number of primary amides is 2. The number of carboxylic acids is 2. The van der Waals surface area contributed by atoms with Crippen molar-refractivity contribution >= 4 is 82.8 Å². The monoisotopic (exact) mass is 971 g/mol. The predicted octanol–water partition coefficient (Wildman–Crippen LogP) is -5.28. The number of nitrogens with one attached hydrogen (secondary N) is 6. The molecule has 0 spiro atoms. The van der Waals surface area contributed by atoms with Crippen LogP contribution in [0.15, 0.2) is 0 Å². The summed E-state index contributed by atoms with van der Waals surface area (Å²) < 4.78 is 0. The third-order valence-corrected chi connectivity index (χ3v) is 11.6. The normalized spacial score (nSPS) is 18.8. The first kappa shape index (κ1) is 57.0. The van der Waals surface area contributed by atoms with Crippen molar-refractivity contribution in [3.05, 3.63) is 0 Å². The first-order chi connectivity index (χ1) is 31.4. The highest BCUT2D eigenvalue weighted by atomic mass is 32.2. The molecule has 0 saturated carbocycles. The van der Waals surface area contributed by atoms with Gasteiger partial charge in [-0.1, -0.05) is 13.8 Å². The van der Waals surface area contributed by atoms with Crippen molar-refractivity contribution in [3.8, 4) is 0 Å². The molecule has 2 aliphatic heterocycles. The molecule has 2 fully saturated rings. The van der Waals surface area contributed by atoms with Gasteiger partial charge in [-0.2, -0.15) is 11.8 Å². The molecular weight excluding hydrogens is 907 g/mol. The molecule has 10 amide bonds. The zero-order valence-corrected chi connectivity index (χ0v) is 38.8. The topological polar surface area (TPSA) is 422 Å². The van der Waals surface area contributed by atoms with E-state index >= 15 is 0 Å². The molecule has 376 valence electrons. The van der Waals surface area contributed by atoms with Crippen LogP contribution < -0.4 is 49.1 Å². The average molecular weight is 972 g/mol. The Morgan fingerprint density at radius 2 is 1.24 bits per heavy atom. The van der Waals surface area contributed by atoms with E-state index in [1.54, 1.807) is 20.1 Å². The number of aliphatic hydroxyl groups excluding tert-OH is 1. The Morgan fingerprint density at radius 1 is 0.657 bits per heavy atom. The predicted molar refractivity (Wildman–Crippen MR) is 236 cm³/mol. The van der Waals surface area contributed by atoms with Gasteiger partial charge in [-0.05, 0) is 69.8 Å². The fourth-order valence-electron chi connectivity index (χ4n) is 7.34. The van der Waals surface area contributed by atoms with Gasteiger partial charge in [0, 0.05) is 25.9 Å². The lowest BCUT2D eigenvalue weighted by Crippen LogP contribution is -2.62. The van der Waals surface area contributed by atoms with Gasteiger partial charge in [-0.25, -0.2) is 4.79 Å². The average Bonchev–Trinajstić information content (AvgIpc) is 3.95. The summed E-state index contributed by atoms with van der Waals surface area (Å²) in [6, 6.07) is -10.9. The van der Waals surface area contributed by atoms with Crippen molar-refractivity contribution in [2.45, 2.75) is 139 Å². The van der Waals surface area contributed by atoms with Gasteiger partial charge in [0.1, 0.15) is 42.3 Å². The number of carboxylic acid groups (broad SMARTS) is 2. The van der Waals surface area contributed by atoms with E-state index in [4.69, 9.17) is 22.3 Å². The highest BCUT2D eigenvalue weighted by Gasteiger charge is 2.43. The number of carbonyl (C=O) groups is 12. The minimum atomic E-state index is -1.62. The molecule has 67 heavy (non-hydrogen) atoms. The van der Waals surface area contributed by atoms with Gasteiger partial charge in [0.05, 0.1) is 25.1 Å². The molecule has 0 aromatic heterocycles. The zero-order valence-electron chi connectivity index (χ0n) is 37.9. The number of carbonyl (C=O) groups excluding carboxylic acids is 10. The number of amides is 10. The minimum Gasteiger partial charge on any atom is -0.481 e. The number of hydrogen-bond donors (Lipinski definition) is 12. The third-order valence-electron chi connectivity index (χ3n) is 11.0. The van der Waals surface area contributed by atoms with E-state index in [-0.39, 0.29) is 45.2 Å². The number of nitrogens with two attached hydrogens (primary N) is 3. The standard InChI is InChI=1S/C40H65N11O15S/c1-19(2)31(37(62)47-24(17-28(43)54)38(63)50-14-5-7-25(50)35(60)44-18-29(55)45-23(40(65)66)10-12-30(56)57)48-36(61)26-8-6-15-51(26)39(64)32(20(3)52)49-34(59)22(13-16-67-4)46-33(58)21(41)9-11-27(42)53/h19-26,31-32,52H,5-18,41H2,1-4H3,(H2,42,53)(H2,43,54)(H,44,60)(H,45,55)(H,46,58)(H,47,62)(H,48,61)(H,49,59)(H,56,57)(H,65,66)/t20-,21+,22+,23+,24+,25+,26+,31+,32+/m1/s1. The number of thioether (sulfide) groups is 1. The van der Waals surface area contributed by atoms with Crippen LogP contribution >= 0.6 is 11.8 Å². The van der Waals surface area contributed by atoms with Crippen LogP contribution in [-0.2, 0) is 57.5 Å². The van der Waals surface area contributed by atoms with Crippen LogP contribution in [-0.4, -0.2) is 182 Å². The van der Waals surface area contributed by atoms with Gasteiger partial charge in [0.25, 0.3) is 0 Å². The van der Waals surface area contributed by atoms with Crippen molar-refractivity contribution in [2.24, 2.45) is 23.1 Å². The Labute approximate surface area is 390 Å². The summed E-state index contributed by atoms with van der Waals surface area (Å²) in [5.74, 6) is -11.5. The summed E-state index contributed by atoms with van der Waals surface area (Å²) >= 11 is 1.37. The number of likely N-dealkylation sites (tertiary alicyclic amines) is 2. The Bertz CT molecular complexity index is 1850. The van der Waals surface area contributed by atoms with Crippen LogP contribution in [0, 0.1) is 5.92 Å². The molecule has 26 nitrogen and oxygen atoms in total. The first-order valence-corrected chi connectivity index (χ1v) is 23.1. The Morgan fingerprint density at radius 3 is 1.76 bits per heavy atom. The van der Waals surface area contributed by atoms with E-state index < -0.39 is 157 Å². The van der Waals surface area contributed by atoms with E-state index in [1.807, 2.05) is 0 Å². The summed E-state index contributed by atoms with van der Waals surface area (Å²) in [6.07, 6.45) is -0.708. The molecule has 0 aliphatic carbocycles. The molecule has 2 heterocycles. The second kappa shape index (κ2) is 27.5. The van der Waals surface area contributed by atoms with Crippen molar-refractivity contribution in [1.82, 2.24) is 41.7 Å². The number of nitrogens with zero attached hydrogens (tertiary/aromatic N) is 2. The lowest BCUT2D eigenvalue weighted by atomic mass is 10.0. The van der Waals surface area contributed by atoms with Crippen molar-refractivity contribution in [2.75, 3.05) is 31.6 Å². The number of aliphatic hydroxyl groups is 1. The number of hydrogen-bond acceptors (Lipinski definition) is 15. The van der Waals surface area contributed by atoms with Crippen LogP contribution in [0.3, 0.4) is 0 Å². The van der Waals surface area contributed by atoms with Crippen LogP contribution in [0.25, 0.3) is 0 Å². The molecule has 0 bridgehead atoms. The quantitative estimate of drug-likeness (QED) is 0.0348. The third kappa shape index (κ3) is 18.3. The molecule has 0 aromatic rings. The van der Waals surface area contributed by atoms with E-state index in [0.29, 0.717) is 18.6 Å². The van der Waals surface area contributed by atoms with E-state index in [2.05, 4.69) is 31.9 Å². The van der Waals surface area contributed by atoms with Gasteiger partial charge in [-0.15, -0.1) is 0 Å². The molecule has 2 rings (SSSR count). The van der Waals surface area contributed by atoms with Crippen molar-refractivity contribution < 1.29 is 72.9 Å². The largest absolute Gasteiger partial charge is 0.481 e. The lowest BCUT2D eigenvalue weighted by Gasteiger charge is -2.33. The maximum absolute atomic E-state index is 14.0. The van der Waals surface area contributed by atoms with Crippen LogP contribution in [0.4, 0.5) is 0 Å². The Kier molecular flexibility index (Phi) is 23.4. The highest BCUT2D eigenvalue weighted by Crippen LogP contribution is 2.22. The van der Waals surface area contributed by atoms with Crippen LogP contribution in [0.2, 0.25) is 0 Å². The molecule has 2 aliphatic rings. The van der Waals surface area contributed by atoms with Gasteiger partial charge in [0.2, 0.25) is 59.1 Å². The number of rotatable bonds is 28. The van der Waals surface area contributed by atoms with Gasteiger partial charge in [-0.3, -0.25) is 52.7 Å². The molecule has 0 radical (unpaired) electrons. The summed E-state index contributed by atoms with van der Waals surface area (Å²) in [5.41, 5.74) is 16.5. The van der Waals surface area contributed by atoms with Crippen molar-refractivity contribution in [1.29, 1.82) is 0 Å². The molecule has 0 aromatic carbocycles. The van der Waals surface area contributed by atoms with E-state index in [0.717, 1.165) is 9.80 Å². The molecule has 9 atom stereocenters. The molecule has 2 saturated heterocycles. The second-order valence-corrected chi connectivity index (χ2v) is 17.6. The van der Waals surface area contributed by atoms with Gasteiger partial charge < -0.3 is 74.2 Å². The summed E-state index contributed by atoms with van der Waals surface area (Å²) in [7, 11) is 0. The fourth-order valence-corrected chi connectivity index (χ4v) is 7.81. The molecular formula is C40H65N11O15S. The number of aliphatic carboxylic acids is 2. The zero-order chi connectivity index (χ0) is 50.7. The first-order valence-electron chi connectivity index (χ1n) is 21.7. The van der Waals surface area contributed by atoms with E-state index in [9.17, 15) is 67.7 Å². The van der Waals surface area contributed by atoms with Crippen molar-refractivity contribution in [3.63, 3.8) is 0 Å². The highest BCUT2D eigenvalue weighted by molar-refractivity contribution is 7.98. The summed E-state index contributed by atoms with van der Waals surface area (Å²) in [4.78, 5) is 155. The maximum atomic E-state index is 14.0. The van der Waals surface area contributed by atoms with Gasteiger partial charge in [0.15, 0.2) is 0 Å². The van der Waals surface area contributed by atoms with Gasteiger partial charge >= 0.3 is 11.9 Å². The fraction of sp³-hybridized carbons (Fsp3) is 0.700. The SMILES string of the molecule is CSCC[C@H](NC(=O)[C@@H](N)CCC(N)=O)C(=O)N[C@H](C(=O)N1CCC[C@H]1C(=O)N[C@H](C(=O)N[C@@H](CC(N)=O)C(=O)N1CCC[C@H]1C(=O)NCC(=O)N[C@@H](CCC(=O)O)C(=O)O)C(C)C)[C@@H](C)O. The molecule has 27 heteroatoms. The Balaban J connectivity index is 2.19. The van der Waals surface area contributed by atoms with Crippen LogP contribution in [0.5, 0.6) is 0 Å². The minimum absolute atomic E-state index is 0.00596. The molecule has 0 unspecified atom stereocenters. The Hall–Kier alpha value is -6.09. The summed E-state index contributed by atoms with van der Waals surface area (Å²) in [6.45, 7) is 3.69.